The lowest BCUT2D eigenvalue weighted by molar-refractivity contribution is -0.129. The summed E-state index contributed by atoms with van der Waals surface area (Å²) in [5, 5.41) is 0. The Balaban J connectivity index is 0.00000163. The Morgan fingerprint density at radius 3 is 2.65 bits per heavy atom. The number of amides is 1. The SMILES string of the molecule is CC.CCCCCN(C(=O)/C=C\Cc1cccnc1)C1CCN(C)CC1. The van der Waals surface area contributed by atoms with E-state index in [0.29, 0.717) is 6.04 Å². The maximum absolute atomic E-state index is 12.7. The van der Waals surface area contributed by atoms with Crippen molar-refractivity contribution in [3.05, 3.63) is 42.2 Å². The standard InChI is InChI=1S/C20H31N3O.C2H6/c1-3-4-5-14-23(19-11-15-22(2)16-12-19)20(24)10-6-8-18-9-7-13-21-17-18;1-2/h6-7,9-10,13,17,19H,3-5,8,11-12,14-16H2,1-2H3;1-2H3/b10-6-;. The molecule has 4 nitrogen and oxygen atoms in total. The van der Waals surface area contributed by atoms with Gasteiger partial charge >= 0.3 is 0 Å². The molecule has 0 radical (unpaired) electrons. The van der Waals surface area contributed by atoms with Crippen LogP contribution in [0.4, 0.5) is 0 Å². The molecule has 1 saturated heterocycles. The van der Waals surface area contributed by atoms with Crippen molar-refractivity contribution in [2.45, 2.75) is 65.3 Å². The summed E-state index contributed by atoms with van der Waals surface area (Å²) >= 11 is 0. The van der Waals surface area contributed by atoms with Gasteiger partial charge in [-0.05, 0) is 63.5 Å². The molecule has 1 aliphatic rings. The summed E-state index contributed by atoms with van der Waals surface area (Å²) in [6, 6.07) is 4.37. The van der Waals surface area contributed by atoms with E-state index in [1.54, 1.807) is 12.3 Å². The first-order valence-corrected chi connectivity index (χ1v) is 10.2. The van der Waals surface area contributed by atoms with Gasteiger partial charge in [0.2, 0.25) is 5.91 Å². The monoisotopic (exact) mass is 359 g/mol. The van der Waals surface area contributed by atoms with Crippen LogP contribution in [0, 0.1) is 0 Å². The van der Waals surface area contributed by atoms with Crippen molar-refractivity contribution in [3.63, 3.8) is 0 Å². The molecule has 2 rings (SSSR count). The Morgan fingerprint density at radius 1 is 1.31 bits per heavy atom. The third-order valence-corrected chi connectivity index (χ3v) is 4.75. The molecule has 0 spiro atoms. The van der Waals surface area contributed by atoms with Crippen molar-refractivity contribution in [1.29, 1.82) is 0 Å². The van der Waals surface area contributed by atoms with Crippen LogP contribution in [0.3, 0.4) is 0 Å². The number of carbonyl (C=O) groups is 1. The van der Waals surface area contributed by atoms with E-state index in [4.69, 9.17) is 0 Å². The second-order valence-corrected chi connectivity index (χ2v) is 6.74. The van der Waals surface area contributed by atoms with Crippen LogP contribution in [-0.4, -0.2) is 53.4 Å². The first kappa shape index (κ1) is 22.4. The fraction of sp³-hybridized carbons (Fsp3) is 0.636. The molecule has 0 N–H and O–H groups in total. The van der Waals surface area contributed by atoms with E-state index in [1.807, 2.05) is 38.3 Å². The number of allylic oxidation sites excluding steroid dienone is 1. The number of likely N-dealkylation sites (tertiary alicyclic amines) is 1. The van der Waals surface area contributed by atoms with Crippen LogP contribution in [0.15, 0.2) is 36.7 Å². The highest BCUT2D eigenvalue weighted by atomic mass is 16.2. The normalized spacial score (nSPS) is 15.5. The Bertz CT molecular complexity index is 507. The minimum Gasteiger partial charge on any atom is -0.336 e. The molecule has 1 amide bonds. The summed E-state index contributed by atoms with van der Waals surface area (Å²) in [5.74, 6) is 0.171. The largest absolute Gasteiger partial charge is 0.336 e. The van der Waals surface area contributed by atoms with Gasteiger partial charge in [-0.2, -0.15) is 0 Å². The molecule has 0 unspecified atom stereocenters. The third kappa shape index (κ3) is 8.13. The minimum absolute atomic E-state index is 0.171. The predicted octanol–water partition coefficient (Wildman–Crippen LogP) is 4.32. The number of pyridine rings is 1. The number of unbranched alkanes of at least 4 members (excludes halogenated alkanes) is 2. The molecule has 1 fully saturated rings. The van der Waals surface area contributed by atoms with Crippen LogP contribution >= 0.6 is 0 Å². The summed E-state index contributed by atoms with van der Waals surface area (Å²) in [4.78, 5) is 21.3. The van der Waals surface area contributed by atoms with Gasteiger partial charge in [-0.3, -0.25) is 9.78 Å². The minimum atomic E-state index is 0.171. The van der Waals surface area contributed by atoms with Crippen LogP contribution in [0.5, 0.6) is 0 Å². The molecule has 146 valence electrons. The predicted molar refractivity (Wildman–Crippen MR) is 110 cm³/mol. The molecule has 4 heteroatoms. The fourth-order valence-corrected chi connectivity index (χ4v) is 3.22. The van der Waals surface area contributed by atoms with Gasteiger partial charge in [0.05, 0.1) is 0 Å². The molecular weight excluding hydrogens is 322 g/mol. The smallest absolute Gasteiger partial charge is 0.246 e. The zero-order chi connectivity index (χ0) is 19.2. The zero-order valence-corrected chi connectivity index (χ0v) is 17.2. The van der Waals surface area contributed by atoms with E-state index >= 15 is 0 Å². The van der Waals surface area contributed by atoms with E-state index in [0.717, 1.165) is 50.9 Å². The number of hydrogen-bond acceptors (Lipinski definition) is 3. The number of carbonyl (C=O) groups excluding carboxylic acids is 1. The number of rotatable bonds is 8. The lowest BCUT2D eigenvalue weighted by Crippen LogP contribution is -2.46. The van der Waals surface area contributed by atoms with Gasteiger partial charge < -0.3 is 9.80 Å². The first-order chi connectivity index (χ1) is 12.7. The second kappa shape index (κ2) is 13.5. The van der Waals surface area contributed by atoms with E-state index in [2.05, 4.69) is 28.8 Å². The molecule has 1 aromatic rings. The first-order valence-electron chi connectivity index (χ1n) is 10.2. The Hall–Kier alpha value is -1.68. The maximum atomic E-state index is 12.7. The summed E-state index contributed by atoms with van der Waals surface area (Å²) in [6.07, 6.45) is 13.8. The molecule has 2 heterocycles. The molecule has 26 heavy (non-hydrogen) atoms. The van der Waals surface area contributed by atoms with E-state index in [9.17, 15) is 4.79 Å². The van der Waals surface area contributed by atoms with Gasteiger partial charge in [0.15, 0.2) is 0 Å². The topological polar surface area (TPSA) is 36.4 Å². The molecule has 0 atom stereocenters. The van der Waals surface area contributed by atoms with E-state index in [-0.39, 0.29) is 5.91 Å². The lowest BCUT2D eigenvalue weighted by atomic mass is 10.0. The Kier molecular flexibility index (Phi) is 11.6. The molecule has 0 aromatic carbocycles. The number of piperidine rings is 1. The molecule has 1 aromatic heterocycles. The highest BCUT2D eigenvalue weighted by molar-refractivity contribution is 5.87. The van der Waals surface area contributed by atoms with Gasteiger partial charge in [0.25, 0.3) is 0 Å². The van der Waals surface area contributed by atoms with Gasteiger partial charge in [-0.25, -0.2) is 0 Å². The van der Waals surface area contributed by atoms with E-state index < -0.39 is 0 Å². The highest BCUT2D eigenvalue weighted by Crippen LogP contribution is 2.17. The van der Waals surface area contributed by atoms with Crippen LogP contribution in [-0.2, 0) is 11.2 Å². The van der Waals surface area contributed by atoms with Gasteiger partial charge in [-0.1, -0.05) is 45.8 Å². The van der Waals surface area contributed by atoms with Gasteiger partial charge in [-0.15, -0.1) is 0 Å². The van der Waals surface area contributed by atoms with Crippen molar-refractivity contribution in [2.24, 2.45) is 0 Å². The lowest BCUT2D eigenvalue weighted by Gasteiger charge is -2.37. The van der Waals surface area contributed by atoms with Gasteiger partial charge in [0.1, 0.15) is 0 Å². The van der Waals surface area contributed by atoms with Crippen molar-refractivity contribution in [3.8, 4) is 0 Å². The Labute approximate surface area is 160 Å². The summed E-state index contributed by atoms with van der Waals surface area (Å²) in [7, 11) is 2.16. The highest BCUT2D eigenvalue weighted by Gasteiger charge is 2.25. The van der Waals surface area contributed by atoms with Crippen LogP contribution in [0.25, 0.3) is 0 Å². The summed E-state index contributed by atoms with van der Waals surface area (Å²) < 4.78 is 0. The summed E-state index contributed by atoms with van der Waals surface area (Å²) in [5.41, 5.74) is 1.14. The van der Waals surface area contributed by atoms with Gasteiger partial charge in [0, 0.05) is 25.0 Å². The third-order valence-electron chi connectivity index (χ3n) is 4.75. The maximum Gasteiger partial charge on any atom is 0.246 e. The molecule has 0 bridgehead atoms. The fourth-order valence-electron chi connectivity index (χ4n) is 3.22. The average molecular weight is 360 g/mol. The summed E-state index contributed by atoms with van der Waals surface area (Å²) in [6.45, 7) is 9.26. The van der Waals surface area contributed by atoms with Crippen molar-refractivity contribution in [2.75, 3.05) is 26.7 Å². The van der Waals surface area contributed by atoms with Crippen molar-refractivity contribution in [1.82, 2.24) is 14.8 Å². The second-order valence-electron chi connectivity index (χ2n) is 6.74. The molecule has 0 aliphatic carbocycles. The van der Waals surface area contributed by atoms with Crippen LogP contribution in [0.1, 0.15) is 58.4 Å². The van der Waals surface area contributed by atoms with E-state index in [1.165, 1.54) is 12.8 Å². The van der Waals surface area contributed by atoms with Crippen LogP contribution < -0.4 is 0 Å². The van der Waals surface area contributed by atoms with Crippen LogP contribution in [0.2, 0.25) is 0 Å². The quantitative estimate of drug-likeness (QED) is 0.512. The van der Waals surface area contributed by atoms with Crippen molar-refractivity contribution >= 4 is 5.91 Å². The molecule has 0 saturated carbocycles. The number of nitrogens with zero attached hydrogens (tertiary/aromatic N) is 3. The number of aromatic nitrogens is 1. The molecular formula is C22H37N3O. The average Bonchev–Trinajstić information content (AvgIpc) is 2.68. The van der Waals surface area contributed by atoms with Crippen molar-refractivity contribution < 1.29 is 4.79 Å². The Morgan fingerprint density at radius 2 is 2.04 bits per heavy atom. The number of hydrogen-bond donors (Lipinski definition) is 0. The molecule has 1 aliphatic heterocycles. The zero-order valence-electron chi connectivity index (χ0n) is 17.2.